The van der Waals surface area contributed by atoms with Crippen LogP contribution in [0.1, 0.15) is 61.9 Å². The number of hydrogen-bond acceptors (Lipinski definition) is 6. The summed E-state index contributed by atoms with van der Waals surface area (Å²) in [5.74, 6) is 1.12. The van der Waals surface area contributed by atoms with Crippen molar-refractivity contribution < 1.29 is 4.79 Å². The average Bonchev–Trinajstić information content (AvgIpc) is 3.35. The monoisotopic (exact) mass is 439 g/mol. The van der Waals surface area contributed by atoms with E-state index < -0.39 is 0 Å². The van der Waals surface area contributed by atoms with Crippen LogP contribution in [0.2, 0.25) is 0 Å². The van der Waals surface area contributed by atoms with Crippen LogP contribution in [0.4, 0.5) is 5.82 Å². The molecule has 5 rings (SSSR count). The van der Waals surface area contributed by atoms with Gasteiger partial charge in [-0.25, -0.2) is 9.97 Å². The largest absolute Gasteiger partial charge is 0.357 e. The second-order valence-corrected chi connectivity index (χ2v) is 9.97. The number of carbonyl (C=O) groups excluding carboxylic acids is 1. The van der Waals surface area contributed by atoms with Crippen LogP contribution in [0, 0.1) is 0 Å². The average molecular weight is 440 g/mol. The van der Waals surface area contributed by atoms with E-state index in [0.717, 1.165) is 61.7 Å². The molecule has 2 aliphatic heterocycles. The highest BCUT2D eigenvalue weighted by Crippen LogP contribution is 2.27. The summed E-state index contributed by atoms with van der Waals surface area (Å²) in [6, 6.07) is 4.92. The summed E-state index contributed by atoms with van der Waals surface area (Å²) < 4.78 is 0. The smallest absolute Gasteiger partial charge is 0.273 e. The van der Waals surface area contributed by atoms with Gasteiger partial charge in [0.2, 0.25) is 0 Å². The first-order chi connectivity index (χ1) is 15.3. The van der Waals surface area contributed by atoms with E-state index in [1.165, 1.54) is 62.7 Å². The maximum atomic E-state index is 13.0. The molecule has 166 valence electrons. The fourth-order valence-electron chi connectivity index (χ4n) is 5.23. The highest BCUT2D eigenvalue weighted by molar-refractivity contribution is 7.13. The van der Waals surface area contributed by atoms with Gasteiger partial charge in [0.15, 0.2) is 0 Å². The Hall–Kier alpha value is -1.99. The third-order valence-corrected chi connectivity index (χ3v) is 7.98. The number of thiazole rings is 1. The van der Waals surface area contributed by atoms with Gasteiger partial charge >= 0.3 is 0 Å². The molecule has 2 aromatic heterocycles. The van der Waals surface area contributed by atoms with E-state index in [1.807, 2.05) is 16.5 Å². The molecule has 0 spiro atoms. The van der Waals surface area contributed by atoms with Gasteiger partial charge in [-0.05, 0) is 44.2 Å². The minimum atomic E-state index is 0.0729. The first kappa shape index (κ1) is 20.9. The lowest BCUT2D eigenvalue weighted by Crippen LogP contribution is -2.52. The number of anilines is 1. The van der Waals surface area contributed by atoms with Crippen molar-refractivity contribution in [2.45, 2.75) is 57.4 Å². The molecule has 2 aromatic rings. The topological polar surface area (TPSA) is 52.6 Å². The number of amides is 1. The molecule has 0 bridgehead atoms. The minimum absolute atomic E-state index is 0.0729. The molecule has 6 nitrogen and oxygen atoms in total. The molecule has 1 saturated carbocycles. The van der Waals surface area contributed by atoms with Gasteiger partial charge in [0.05, 0.1) is 0 Å². The molecule has 3 fully saturated rings. The van der Waals surface area contributed by atoms with Crippen molar-refractivity contribution in [3.63, 3.8) is 0 Å². The summed E-state index contributed by atoms with van der Waals surface area (Å²) in [5, 5.41) is 2.78. The van der Waals surface area contributed by atoms with Crippen molar-refractivity contribution in [3.05, 3.63) is 29.4 Å². The molecular weight excluding hydrogens is 406 g/mol. The maximum absolute atomic E-state index is 13.0. The highest BCUT2D eigenvalue weighted by atomic mass is 32.1. The second-order valence-electron chi connectivity index (χ2n) is 9.11. The Labute approximate surface area is 189 Å². The molecule has 1 amide bonds. The first-order valence-corrected chi connectivity index (χ1v) is 12.9. The van der Waals surface area contributed by atoms with E-state index >= 15 is 0 Å². The van der Waals surface area contributed by atoms with Crippen LogP contribution >= 0.6 is 11.3 Å². The van der Waals surface area contributed by atoms with Crippen LogP contribution in [-0.2, 0) is 0 Å². The third-order valence-electron chi connectivity index (χ3n) is 7.09. The quantitative estimate of drug-likeness (QED) is 0.711. The van der Waals surface area contributed by atoms with Gasteiger partial charge in [0.25, 0.3) is 5.91 Å². The normalized spacial score (nSPS) is 21.4. The summed E-state index contributed by atoms with van der Waals surface area (Å²) in [6.07, 6.45) is 12.5. The number of piperazine rings is 1. The molecule has 4 heterocycles. The third kappa shape index (κ3) is 4.77. The summed E-state index contributed by atoms with van der Waals surface area (Å²) in [7, 11) is 0. The Kier molecular flexibility index (Phi) is 6.50. The second kappa shape index (κ2) is 9.65. The van der Waals surface area contributed by atoms with Crippen molar-refractivity contribution in [1.29, 1.82) is 0 Å². The summed E-state index contributed by atoms with van der Waals surface area (Å²) in [5.41, 5.74) is 1.57. The Balaban J connectivity index is 1.19. The van der Waals surface area contributed by atoms with Gasteiger partial charge in [0.1, 0.15) is 16.5 Å². The number of aromatic nitrogens is 2. The van der Waals surface area contributed by atoms with Gasteiger partial charge in [-0.2, -0.15) is 0 Å². The van der Waals surface area contributed by atoms with Gasteiger partial charge in [-0.3, -0.25) is 9.69 Å². The molecule has 3 aliphatic rings. The van der Waals surface area contributed by atoms with Crippen LogP contribution in [0.15, 0.2) is 23.7 Å². The van der Waals surface area contributed by atoms with E-state index in [2.05, 4.69) is 31.9 Å². The van der Waals surface area contributed by atoms with Crippen molar-refractivity contribution in [2.24, 2.45) is 0 Å². The zero-order valence-corrected chi connectivity index (χ0v) is 19.2. The number of rotatable bonds is 4. The van der Waals surface area contributed by atoms with Crippen molar-refractivity contribution >= 4 is 23.1 Å². The van der Waals surface area contributed by atoms with Crippen LogP contribution in [-0.4, -0.2) is 71.0 Å². The summed E-state index contributed by atoms with van der Waals surface area (Å²) >= 11 is 1.54. The van der Waals surface area contributed by atoms with E-state index in [0.29, 0.717) is 5.69 Å². The molecule has 31 heavy (non-hydrogen) atoms. The number of pyridine rings is 1. The van der Waals surface area contributed by atoms with Crippen LogP contribution in [0.5, 0.6) is 0 Å². The van der Waals surface area contributed by atoms with E-state index in [-0.39, 0.29) is 5.91 Å². The Morgan fingerprint density at radius 2 is 1.65 bits per heavy atom. The van der Waals surface area contributed by atoms with Crippen LogP contribution in [0.25, 0.3) is 10.6 Å². The van der Waals surface area contributed by atoms with E-state index in [1.54, 1.807) is 0 Å². The molecule has 1 aliphatic carbocycles. The highest BCUT2D eigenvalue weighted by Gasteiger charge is 2.28. The molecule has 7 heteroatoms. The van der Waals surface area contributed by atoms with Gasteiger partial charge in [-0.1, -0.05) is 19.3 Å². The predicted molar refractivity (Wildman–Crippen MR) is 126 cm³/mol. The predicted octanol–water partition coefficient (Wildman–Crippen LogP) is 4.29. The lowest BCUT2D eigenvalue weighted by molar-refractivity contribution is 0.0519. The number of hydrogen-bond donors (Lipinski definition) is 0. The van der Waals surface area contributed by atoms with Crippen LogP contribution < -0.4 is 4.90 Å². The van der Waals surface area contributed by atoms with Gasteiger partial charge in [-0.15, -0.1) is 11.3 Å². The Morgan fingerprint density at radius 3 is 2.35 bits per heavy atom. The minimum Gasteiger partial charge on any atom is -0.357 e. The standard InChI is InChI=1S/C24H33N5OS/c30-24(29-15-13-27(14-16-29)20-7-3-1-4-8-20)21-18-31-23(26-21)19-9-10-22(25-17-19)28-11-5-2-6-12-28/h9-10,17-18,20H,1-8,11-16H2. The van der Waals surface area contributed by atoms with Gasteiger partial charge in [0, 0.05) is 62.5 Å². The zero-order valence-electron chi connectivity index (χ0n) is 18.3. The van der Waals surface area contributed by atoms with Crippen molar-refractivity contribution in [2.75, 3.05) is 44.2 Å². The first-order valence-electron chi connectivity index (χ1n) is 12.0. The van der Waals surface area contributed by atoms with Gasteiger partial charge < -0.3 is 9.80 Å². The van der Waals surface area contributed by atoms with E-state index in [9.17, 15) is 4.79 Å². The molecule has 2 saturated heterocycles. The summed E-state index contributed by atoms with van der Waals surface area (Å²) in [6.45, 7) is 5.81. The number of nitrogens with zero attached hydrogens (tertiary/aromatic N) is 5. The molecule has 0 radical (unpaired) electrons. The van der Waals surface area contributed by atoms with Crippen molar-refractivity contribution in [1.82, 2.24) is 19.8 Å². The Morgan fingerprint density at radius 1 is 0.903 bits per heavy atom. The van der Waals surface area contributed by atoms with Crippen LogP contribution in [0.3, 0.4) is 0 Å². The Bertz CT molecular complexity index is 862. The molecule has 0 atom stereocenters. The van der Waals surface area contributed by atoms with Crippen molar-refractivity contribution in [3.8, 4) is 10.6 Å². The number of piperidine rings is 1. The fourth-order valence-corrected chi connectivity index (χ4v) is 6.01. The molecular formula is C24H33N5OS. The lowest BCUT2D eigenvalue weighted by atomic mass is 9.94. The maximum Gasteiger partial charge on any atom is 0.273 e. The molecule has 0 N–H and O–H groups in total. The molecule has 0 aromatic carbocycles. The van der Waals surface area contributed by atoms with E-state index in [4.69, 9.17) is 0 Å². The SMILES string of the molecule is O=C(c1csc(-c2ccc(N3CCCCC3)nc2)n1)N1CCN(C2CCCCC2)CC1. The number of carbonyl (C=O) groups is 1. The zero-order chi connectivity index (χ0) is 21.0. The fraction of sp³-hybridized carbons (Fsp3) is 0.625. The lowest BCUT2D eigenvalue weighted by Gasteiger charge is -2.40. The molecule has 0 unspecified atom stereocenters. The summed E-state index contributed by atoms with van der Waals surface area (Å²) in [4.78, 5) is 29.3.